The molecule has 1 aliphatic heterocycles. The molecule has 0 radical (unpaired) electrons. The van der Waals surface area contributed by atoms with Crippen molar-refractivity contribution in [1.29, 1.82) is 0 Å². The van der Waals surface area contributed by atoms with Crippen LogP contribution in [0.2, 0.25) is 0 Å². The number of benzene rings is 2. The Morgan fingerprint density at radius 3 is 2.37 bits per heavy atom. The average molecular weight is 412 g/mol. The molecule has 7 nitrogen and oxygen atoms in total. The van der Waals surface area contributed by atoms with Crippen LogP contribution in [0.1, 0.15) is 37.0 Å². The van der Waals surface area contributed by atoms with Crippen molar-refractivity contribution < 1.29 is 19.1 Å². The van der Waals surface area contributed by atoms with Gasteiger partial charge >= 0.3 is 6.03 Å². The lowest BCUT2D eigenvalue weighted by Gasteiger charge is -2.32. The number of nitrogens with zero attached hydrogens (tertiary/aromatic N) is 1. The van der Waals surface area contributed by atoms with Crippen molar-refractivity contribution in [1.82, 2.24) is 10.2 Å². The molecule has 7 heteroatoms. The van der Waals surface area contributed by atoms with Crippen LogP contribution in [-0.4, -0.2) is 49.2 Å². The van der Waals surface area contributed by atoms with E-state index < -0.39 is 0 Å². The van der Waals surface area contributed by atoms with Gasteiger partial charge in [0.1, 0.15) is 0 Å². The van der Waals surface area contributed by atoms with E-state index in [0.29, 0.717) is 43.0 Å². The van der Waals surface area contributed by atoms with Gasteiger partial charge in [-0.05, 0) is 57.0 Å². The van der Waals surface area contributed by atoms with Crippen molar-refractivity contribution in [3.63, 3.8) is 0 Å². The molecule has 0 bridgehead atoms. The zero-order chi connectivity index (χ0) is 21.5. The highest BCUT2D eigenvalue weighted by Crippen LogP contribution is 2.29. The number of para-hydroxylation sites is 1. The zero-order valence-electron chi connectivity index (χ0n) is 17.7. The molecule has 0 spiro atoms. The van der Waals surface area contributed by atoms with Crippen LogP contribution < -0.4 is 20.1 Å². The van der Waals surface area contributed by atoms with E-state index in [0.717, 1.165) is 5.69 Å². The number of piperidine rings is 1. The van der Waals surface area contributed by atoms with Gasteiger partial charge in [0.15, 0.2) is 11.5 Å². The number of hydrogen-bond donors (Lipinski definition) is 2. The number of likely N-dealkylation sites (tertiary alicyclic amines) is 1. The number of ether oxygens (including phenoxy) is 2. The van der Waals surface area contributed by atoms with Crippen molar-refractivity contribution in [2.45, 2.75) is 38.8 Å². The lowest BCUT2D eigenvalue weighted by atomic mass is 10.0. The number of amides is 3. The molecule has 0 unspecified atom stereocenters. The van der Waals surface area contributed by atoms with Gasteiger partial charge in [0.25, 0.3) is 5.91 Å². The Morgan fingerprint density at radius 1 is 1.03 bits per heavy atom. The second-order valence-electron chi connectivity index (χ2n) is 7.56. The maximum atomic E-state index is 12.7. The Kier molecular flexibility index (Phi) is 7.17. The van der Waals surface area contributed by atoms with Crippen LogP contribution in [-0.2, 0) is 0 Å². The van der Waals surface area contributed by atoms with Crippen LogP contribution in [0.15, 0.2) is 48.5 Å². The summed E-state index contributed by atoms with van der Waals surface area (Å²) in [6.45, 7) is 5.06. The summed E-state index contributed by atoms with van der Waals surface area (Å²) in [5.41, 5.74) is 1.30. The Bertz CT molecular complexity index is 862. The van der Waals surface area contributed by atoms with Crippen molar-refractivity contribution in [3.05, 3.63) is 54.1 Å². The summed E-state index contributed by atoms with van der Waals surface area (Å²) in [4.78, 5) is 26.8. The summed E-state index contributed by atoms with van der Waals surface area (Å²) in [5.74, 6) is 0.988. The molecule has 0 saturated carbocycles. The lowest BCUT2D eigenvalue weighted by molar-refractivity contribution is 0.0919. The maximum absolute atomic E-state index is 12.7. The Labute approximate surface area is 177 Å². The van der Waals surface area contributed by atoms with Crippen LogP contribution in [0.25, 0.3) is 0 Å². The minimum absolute atomic E-state index is 0.0165. The molecule has 0 aliphatic carbocycles. The van der Waals surface area contributed by atoms with Gasteiger partial charge in [-0.3, -0.25) is 4.79 Å². The highest BCUT2D eigenvalue weighted by Gasteiger charge is 2.24. The third-order valence-electron chi connectivity index (χ3n) is 4.93. The molecule has 0 aromatic heterocycles. The largest absolute Gasteiger partial charge is 0.493 e. The fourth-order valence-corrected chi connectivity index (χ4v) is 3.38. The monoisotopic (exact) mass is 411 g/mol. The van der Waals surface area contributed by atoms with Gasteiger partial charge in [-0.25, -0.2) is 4.79 Å². The molecule has 2 aromatic rings. The van der Waals surface area contributed by atoms with E-state index in [1.165, 1.54) is 0 Å². The van der Waals surface area contributed by atoms with Gasteiger partial charge in [-0.2, -0.15) is 0 Å². The smallest absolute Gasteiger partial charge is 0.321 e. The van der Waals surface area contributed by atoms with Crippen molar-refractivity contribution in [3.8, 4) is 11.5 Å². The van der Waals surface area contributed by atoms with E-state index in [1.807, 2.05) is 44.2 Å². The number of urea groups is 1. The van der Waals surface area contributed by atoms with E-state index >= 15 is 0 Å². The van der Waals surface area contributed by atoms with Gasteiger partial charge in [-0.1, -0.05) is 18.2 Å². The van der Waals surface area contributed by atoms with Gasteiger partial charge < -0.3 is 25.0 Å². The van der Waals surface area contributed by atoms with Crippen LogP contribution in [0, 0.1) is 0 Å². The predicted octanol–water partition coefficient (Wildman–Crippen LogP) is 3.91. The van der Waals surface area contributed by atoms with Crippen LogP contribution >= 0.6 is 0 Å². The van der Waals surface area contributed by atoms with Crippen molar-refractivity contribution >= 4 is 17.6 Å². The standard InChI is InChI=1S/C23H29N3O4/c1-16(2)30-20-10-9-17(15-21(20)29-3)22(27)24-19-11-13-26(14-12-19)23(28)25-18-7-5-4-6-8-18/h4-10,15-16,19H,11-14H2,1-3H3,(H,24,27)(H,25,28). The number of nitrogens with one attached hydrogen (secondary N) is 2. The zero-order valence-corrected chi connectivity index (χ0v) is 17.7. The van der Waals surface area contributed by atoms with Crippen LogP contribution in [0.3, 0.4) is 0 Å². The SMILES string of the molecule is COc1cc(C(=O)NC2CCN(C(=O)Nc3ccccc3)CC2)ccc1OC(C)C. The van der Waals surface area contributed by atoms with E-state index in [-0.39, 0.29) is 24.1 Å². The Balaban J connectivity index is 1.52. The highest BCUT2D eigenvalue weighted by atomic mass is 16.5. The quantitative estimate of drug-likeness (QED) is 0.755. The molecule has 30 heavy (non-hydrogen) atoms. The number of rotatable bonds is 6. The van der Waals surface area contributed by atoms with E-state index in [2.05, 4.69) is 10.6 Å². The van der Waals surface area contributed by atoms with Crippen LogP contribution in [0.5, 0.6) is 11.5 Å². The third kappa shape index (κ3) is 5.65. The molecule has 2 aromatic carbocycles. The third-order valence-corrected chi connectivity index (χ3v) is 4.93. The molecular weight excluding hydrogens is 382 g/mol. The van der Waals surface area contributed by atoms with Crippen molar-refractivity contribution in [2.75, 3.05) is 25.5 Å². The fourth-order valence-electron chi connectivity index (χ4n) is 3.38. The Morgan fingerprint density at radius 2 is 1.73 bits per heavy atom. The minimum Gasteiger partial charge on any atom is -0.493 e. The van der Waals surface area contributed by atoms with Gasteiger partial charge in [0, 0.05) is 30.4 Å². The number of carbonyl (C=O) groups is 2. The molecule has 1 fully saturated rings. The van der Waals surface area contributed by atoms with Crippen molar-refractivity contribution in [2.24, 2.45) is 0 Å². The topological polar surface area (TPSA) is 79.9 Å². The first-order valence-electron chi connectivity index (χ1n) is 10.2. The second kappa shape index (κ2) is 10.0. The molecular formula is C23H29N3O4. The Hall–Kier alpha value is -3.22. The fraction of sp³-hybridized carbons (Fsp3) is 0.391. The van der Waals surface area contributed by atoms with E-state index in [1.54, 1.807) is 30.2 Å². The van der Waals surface area contributed by atoms with Crippen LogP contribution in [0.4, 0.5) is 10.5 Å². The predicted molar refractivity (Wildman–Crippen MR) is 116 cm³/mol. The first-order valence-corrected chi connectivity index (χ1v) is 10.2. The number of hydrogen-bond acceptors (Lipinski definition) is 4. The summed E-state index contributed by atoms with van der Waals surface area (Å²) >= 11 is 0. The molecule has 1 saturated heterocycles. The van der Waals surface area contributed by atoms with Gasteiger partial charge in [0.05, 0.1) is 13.2 Å². The van der Waals surface area contributed by atoms with Gasteiger partial charge in [-0.15, -0.1) is 0 Å². The molecule has 1 heterocycles. The van der Waals surface area contributed by atoms with Gasteiger partial charge in [0.2, 0.25) is 0 Å². The molecule has 0 atom stereocenters. The summed E-state index contributed by atoms with van der Waals surface area (Å²) in [6.07, 6.45) is 1.43. The lowest BCUT2D eigenvalue weighted by Crippen LogP contribution is -2.47. The number of carbonyl (C=O) groups excluding carboxylic acids is 2. The molecule has 160 valence electrons. The second-order valence-corrected chi connectivity index (χ2v) is 7.56. The van der Waals surface area contributed by atoms with E-state index in [4.69, 9.17) is 9.47 Å². The summed E-state index contributed by atoms with van der Waals surface area (Å²) in [5, 5.41) is 5.96. The molecule has 1 aliphatic rings. The maximum Gasteiger partial charge on any atom is 0.321 e. The first-order chi connectivity index (χ1) is 14.5. The first kappa shape index (κ1) is 21.5. The van der Waals surface area contributed by atoms with E-state index in [9.17, 15) is 9.59 Å². The highest BCUT2D eigenvalue weighted by molar-refractivity contribution is 5.95. The molecule has 3 rings (SSSR count). The number of methoxy groups -OCH3 is 1. The minimum atomic E-state index is -0.156. The summed E-state index contributed by atoms with van der Waals surface area (Å²) in [7, 11) is 1.56. The molecule has 2 N–H and O–H groups in total. The summed E-state index contributed by atoms with van der Waals surface area (Å²) < 4.78 is 11.1. The average Bonchev–Trinajstić information content (AvgIpc) is 2.74. The molecule has 3 amide bonds. The summed E-state index contributed by atoms with van der Waals surface area (Å²) in [6, 6.07) is 14.5. The normalized spacial score (nSPS) is 14.3. The number of anilines is 1.